The number of hydrogen-bond donors (Lipinski definition) is 0. The van der Waals surface area contributed by atoms with Crippen LogP contribution in [-0.2, 0) is 6.42 Å². The molecule has 2 aromatic rings. The van der Waals surface area contributed by atoms with E-state index in [2.05, 4.69) is 15.9 Å². The third kappa shape index (κ3) is 3.21. The van der Waals surface area contributed by atoms with Crippen molar-refractivity contribution in [2.24, 2.45) is 0 Å². The van der Waals surface area contributed by atoms with E-state index < -0.39 is 11.6 Å². The Morgan fingerprint density at radius 2 is 1.79 bits per heavy atom. The van der Waals surface area contributed by atoms with Crippen molar-refractivity contribution in [2.45, 2.75) is 19.3 Å². The molecule has 3 heteroatoms. The molecule has 0 spiro atoms. The standard InChI is InChI=1S/C16H15BrF2/c1-11-5-2-3-7-14(11)13(10-17)9-12-6-4-8-15(18)16(12)19/h2-8,13H,9-10H2,1H3. The van der Waals surface area contributed by atoms with Gasteiger partial charge in [-0.05, 0) is 42.0 Å². The summed E-state index contributed by atoms with van der Waals surface area (Å²) >= 11 is 3.47. The van der Waals surface area contributed by atoms with Crippen molar-refractivity contribution in [2.75, 3.05) is 5.33 Å². The lowest BCUT2D eigenvalue weighted by atomic mass is 9.90. The van der Waals surface area contributed by atoms with Gasteiger partial charge in [-0.1, -0.05) is 52.3 Å². The first-order chi connectivity index (χ1) is 9.13. The summed E-state index contributed by atoms with van der Waals surface area (Å²) in [5.74, 6) is -1.38. The van der Waals surface area contributed by atoms with E-state index in [9.17, 15) is 8.78 Å². The van der Waals surface area contributed by atoms with Crippen LogP contribution in [0.2, 0.25) is 0 Å². The molecule has 0 saturated carbocycles. The van der Waals surface area contributed by atoms with Crippen LogP contribution in [0.25, 0.3) is 0 Å². The second-order valence-corrected chi connectivity index (χ2v) is 5.27. The molecule has 0 heterocycles. The molecule has 1 atom stereocenters. The maximum Gasteiger partial charge on any atom is 0.162 e. The van der Waals surface area contributed by atoms with Gasteiger partial charge in [0.25, 0.3) is 0 Å². The van der Waals surface area contributed by atoms with E-state index in [1.807, 2.05) is 31.2 Å². The van der Waals surface area contributed by atoms with Crippen LogP contribution in [-0.4, -0.2) is 5.33 Å². The highest BCUT2D eigenvalue weighted by Crippen LogP contribution is 2.27. The average molecular weight is 325 g/mol. The summed E-state index contributed by atoms with van der Waals surface area (Å²) in [7, 11) is 0. The van der Waals surface area contributed by atoms with Crippen LogP contribution in [0.15, 0.2) is 42.5 Å². The lowest BCUT2D eigenvalue weighted by molar-refractivity contribution is 0.495. The Hall–Kier alpha value is -1.22. The third-order valence-corrected chi connectivity index (χ3v) is 4.09. The topological polar surface area (TPSA) is 0 Å². The molecule has 0 nitrogen and oxygen atoms in total. The van der Waals surface area contributed by atoms with Crippen LogP contribution >= 0.6 is 15.9 Å². The largest absolute Gasteiger partial charge is 0.204 e. The zero-order chi connectivity index (χ0) is 13.8. The van der Waals surface area contributed by atoms with E-state index in [4.69, 9.17) is 0 Å². The highest BCUT2D eigenvalue weighted by atomic mass is 79.9. The Kier molecular flexibility index (Phi) is 4.70. The molecule has 100 valence electrons. The maximum atomic E-state index is 13.7. The van der Waals surface area contributed by atoms with Crippen molar-refractivity contribution >= 4 is 15.9 Å². The molecular weight excluding hydrogens is 310 g/mol. The summed E-state index contributed by atoms with van der Waals surface area (Å²) in [6.07, 6.45) is 0.486. The summed E-state index contributed by atoms with van der Waals surface area (Å²) in [6.45, 7) is 2.03. The molecule has 0 amide bonds. The minimum Gasteiger partial charge on any atom is -0.204 e. The van der Waals surface area contributed by atoms with Crippen LogP contribution in [0.4, 0.5) is 8.78 Å². The zero-order valence-corrected chi connectivity index (χ0v) is 12.3. The molecule has 0 fully saturated rings. The minimum absolute atomic E-state index is 0.137. The fourth-order valence-corrected chi connectivity index (χ4v) is 2.84. The van der Waals surface area contributed by atoms with E-state index in [1.54, 1.807) is 12.1 Å². The summed E-state index contributed by atoms with van der Waals surface area (Å²) in [5, 5.41) is 0.716. The highest BCUT2D eigenvalue weighted by Gasteiger charge is 2.16. The summed E-state index contributed by atoms with van der Waals surface area (Å²) in [4.78, 5) is 0. The molecule has 0 saturated heterocycles. The van der Waals surface area contributed by atoms with E-state index in [0.29, 0.717) is 17.3 Å². The first kappa shape index (κ1) is 14.2. The summed E-state index contributed by atoms with van der Waals surface area (Å²) in [6, 6.07) is 12.4. The number of halogens is 3. The van der Waals surface area contributed by atoms with Crippen molar-refractivity contribution in [1.29, 1.82) is 0 Å². The van der Waals surface area contributed by atoms with Crippen LogP contribution < -0.4 is 0 Å². The second-order valence-electron chi connectivity index (χ2n) is 4.62. The van der Waals surface area contributed by atoms with Gasteiger partial charge in [0.2, 0.25) is 0 Å². The number of rotatable bonds is 4. The van der Waals surface area contributed by atoms with Crippen molar-refractivity contribution in [3.63, 3.8) is 0 Å². The molecule has 0 aliphatic carbocycles. The maximum absolute atomic E-state index is 13.7. The van der Waals surface area contributed by atoms with Gasteiger partial charge in [-0.25, -0.2) is 8.78 Å². The molecule has 0 aliphatic rings. The van der Waals surface area contributed by atoms with Crippen LogP contribution in [0.1, 0.15) is 22.6 Å². The molecule has 0 radical (unpaired) electrons. The second kappa shape index (κ2) is 6.29. The molecule has 2 rings (SSSR count). The predicted molar refractivity (Wildman–Crippen MR) is 77.8 cm³/mol. The first-order valence-electron chi connectivity index (χ1n) is 6.18. The molecule has 19 heavy (non-hydrogen) atoms. The van der Waals surface area contributed by atoms with Gasteiger partial charge in [0, 0.05) is 5.33 Å². The average Bonchev–Trinajstić information content (AvgIpc) is 2.41. The Balaban J connectivity index is 2.30. The molecular formula is C16H15BrF2. The molecule has 0 bridgehead atoms. The van der Waals surface area contributed by atoms with Gasteiger partial charge in [0.15, 0.2) is 11.6 Å². The Morgan fingerprint density at radius 1 is 1.05 bits per heavy atom. The molecule has 0 aromatic heterocycles. The Morgan fingerprint density at radius 3 is 2.47 bits per heavy atom. The summed E-state index contributed by atoms with van der Waals surface area (Å²) < 4.78 is 27.0. The van der Waals surface area contributed by atoms with Crippen LogP contribution in [0, 0.1) is 18.6 Å². The number of alkyl halides is 1. The molecule has 0 aliphatic heterocycles. The van der Waals surface area contributed by atoms with E-state index in [1.165, 1.54) is 11.1 Å². The van der Waals surface area contributed by atoms with Crippen molar-refractivity contribution in [3.05, 3.63) is 70.8 Å². The van der Waals surface area contributed by atoms with Gasteiger partial charge in [0.1, 0.15) is 0 Å². The smallest absolute Gasteiger partial charge is 0.162 e. The van der Waals surface area contributed by atoms with Crippen LogP contribution in [0.3, 0.4) is 0 Å². The third-order valence-electron chi connectivity index (χ3n) is 3.31. The number of benzene rings is 2. The predicted octanol–water partition coefficient (Wildman–Crippen LogP) is 4.99. The van der Waals surface area contributed by atoms with E-state index in [0.717, 1.165) is 6.07 Å². The lowest BCUT2D eigenvalue weighted by Gasteiger charge is -2.17. The van der Waals surface area contributed by atoms with Gasteiger partial charge in [0.05, 0.1) is 0 Å². The SMILES string of the molecule is Cc1ccccc1C(CBr)Cc1cccc(F)c1F. The zero-order valence-electron chi connectivity index (χ0n) is 10.7. The van der Waals surface area contributed by atoms with E-state index in [-0.39, 0.29) is 5.92 Å². The first-order valence-corrected chi connectivity index (χ1v) is 7.30. The fraction of sp³-hybridized carbons (Fsp3) is 0.250. The van der Waals surface area contributed by atoms with Crippen molar-refractivity contribution in [3.8, 4) is 0 Å². The van der Waals surface area contributed by atoms with Gasteiger partial charge in [-0.3, -0.25) is 0 Å². The van der Waals surface area contributed by atoms with Gasteiger partial charge < -0.3 is 0 Å². The van der Waals surface area contributed by atoms with Gasteiger partial charge >= 0.3 is 0 Å². The number of hydrogen-bond acceptors (Lipinski definition) is 0. The van der Waals surface area contributed by atoms with Crippen molar-refractivity contribution < 1.29 is 8.78 Å². The molecule has 0 N–H and O–H groups in total. The van der Waals surface area contributed by atoms with E-state index >= 15 is 0 Å². The molecule has 1 unspecified atom stereocenters. The monoisotopic (exact) mass is 324 g/mol. The highest BCUT2D eigenvalue weighted by molar-refractivity contribution is 9.09. The fourth-order valence-electron chi connectivity index (χ4n) is 2.26. The summed E-state index contributed by atoms with van der Waals surface area (Å²) in [5.41, 5.74) is 2.76. The quantitative estimate of drug-likeness (QED) is 0.695. The Bertz CT molecular complexity index is 566. The lowest BCUT2D eigenvalue weighted by Crippen LogP contribution is -2.08. The minimum atomic E-state index is -0.782. The van der Waals surface area contributed by atoms with Crippen molar-refractivity contribution in [1.82, 2.24) is 0 Å². The van der Waals surface area contributed by atoms with Gasteiger partial charge in [-0.2, -0.15) is 0 Å². The van der Waals surface area contributed by atoms with Crippen LogP contribution in [0.5, 0.6) is 0 Å². The normalized spacial score (nSPS) is 12.4. The Labute approximate surface area is 120 Å². The van der Waals surface area contributed by atoms with Gasteiger partial charge in [-0.15, -0.1) is 0 Å². The number of aryl methyl sites for hydroxylation is 1. The molecule has 2 aromatic carbocycles.